The molecule has 3 rings (SSSR count). The summed E-state index contributed by atoms with van der Waals surface area (Å²) in [4.78, 5) is 49.5. The first-order valence-electron chi connectivity index (χ1n) is 8.45. The van der Waals surface area contributed by atoms with E-state index in [1.54, 1.807) is 12.3 Å². The van der Waals surface area contributed by atoms with Crippen molar-refractivity contribution in [3.8, 4) is 11.1 Å². The van der Waals surface area contributed by atoms with Crippen molar-refractivity contribution in [3.63, 3.8) is 0 Å². The number of hydrogen-bond acceptors (Lipinski definition) is 8. The monoisotopic (exact) mass is 432 g/mol. The fraction of sp³-hybridized carbons (Fsp3) is 0.167. The van der Waals surface area contributed by atoms with Gasteiger partial charge >= 0.3 is 11.7 Å². The summed E-state index contributed by atoms with van der Waals surface area (Å²) in [7, 11) is 0. The molecule has 2 heterocycles. The molecule has 0 spiro atoms. The molecule has 0 aliphatic heterocycles. The second-order valence-corrected chi connectivity index (χ2v) is 7.43. The Morgan fingerprint density at radius 3 is 2.69 bits per heavy atom. The van der Waals surface area contributed by atoms with Crippen molar-refractivity contribution in [1.29, 1.82) is 0 Å². The molecule has 0 bridgehead atoms. The number of rotatable bonds is 7. The minimum atomic E-state index is -0.727. The fourth-order valence-corrected chi connectivity index (χ4v) is 4.02. The number of carbonyl (C=O) groups excluding carboxylic acids is 2. The van der Waals surface area contributed by atoms with Gasteiger partial charge in [-0.2, -0.15) is 5.10 Å². The van der Waals surface area contributed by atoms with Gasteiger partial charge in [-0.15, -0.1) is 11.3 Å². The zero-order chi connectivity index (χ0) is 20.8. The lowest BCUT2D eigenvalue weighted by Gasteiger charge is -2.08. The zero-order valence-electron chi connectivity index (χ0n) is 15.2. The number of aromatic nitrogens is 3. The number of carbonyl (C=O) groups is 2. The van der Waals surface area contributed by atoms with Gasteiger partial charge < -0.3 is 10.1 Å². The SMILES string of the molecule is CCOC(=O)c1c(-c2ccccc2)csc1NC(=O)CSc1n[nH]c(=O)[nH]c1=O. The van der Waals surface area contributed by atoms with Crippen molar-refractivity contribution in [2.75, 3.05) is 17.7 Å². The molecule has 11 heteroatoms. The number of hydrogen-bond donors (Lipinski definition) is 3. The van der Waals surface area contributed by atoms with Crippen LogP contribution in [0.4, 0.5) is 5.00 Å². The molecule has 29 heavy (non-hydrogen) atoms. The predicted molar refractivity (Wildman–Crippen MR) is 111 cm³/mol. The van der Waals surface area contributed by atoms with E-state index in [9.17, 15) is 19.2 Å². The molecule has 0 saturated carbocycles. The molecule has 3 N–H and O–H groups in total. The first kappa shape index (κ1) is 20.6. The van der Waals surface area contributed by atoms with Crippen LogP contribution < -0.4 is 16.6 Å². The number of ether oxygens (including phenoxy) is 1. The molecule has 0 radical (unpaired) electrons. The van der Waals surface area contributed by atoms with E-state index in [-0.39, 0.29) is 22.9 Å². The normalized spacial score (nSPS) is 10.5. The van der Waals surface area contributed by atoms with Crippen molar-refractivity contribution in [1.82, 2.24) is 15.2 Å². The average molecular weight is 432 g/mol. The summed E-state index contributed by atoms with van der Waals surface area (Å²) in [5.41, 5.74) is 0.360. The molecule has 9 nitrogen and oxygen atoms in total. The van der Waals surface area contributed by atoms with Crippen LogP contribution in [0.1, 0.15) is 17.3 Å². The summed E-state index contributed by atoms with van der Waals surface area (Å²) in [6, 6.07) is 9.30. The number of esters is 1. The van der Waals surface area contributed by atoms with Gasteiger partial charge in [-0.3, -0.25) is 14.6 Å². The number of thioether (sulfide) groups is 1. The van der Waals surface area contributed by atoms with Crippen molar-refractivity contribution >= 4 is 40.0 Å². The number of H-pyrrole nitrogens is 2. The summed E-state index contributed by atoms with van der Waals surface area (Å²) in [5, 5.41) is 10.5. The highest BCUT2D eigenvalue weighted by Gasteiger charge is 2.23. The minimum Gasteiger partial charge on any atom is -0.462 e. The van der Waals surface area contributed by atoms with E-state index in [0.29, 0.717) is 10.6 Å². The van der Waals surface area contributed by atoms with Gasteiger partial charge in [0, 0.05) is 10.9 Å². The van der Waals surface area contributed by atoms with E-state index in [2.05, 4.69) is 15.5 Å². The van der Waals surface area contributed by atoms with Crippen LogP contribution in [0.5, 0.6) is 0 Å². The molecule has 0 saturated heterocycles. The quantitative estimate of drug-likeness (QED) is 0.384. The van der Waals surface area contributed by atoms with Crippen LogP contribution in [0.15, 0.2) is 50.3 Å². The van der Waals surface area contributed by atoms with Gasteiger partial charge in [-0.1, -0.05) is 42.1 Å². The molecule has 1 aromatic carbocycles. The lowest BCUT2D eigenvalue weighted by atomic mass is 10.0. The Balaban J connectivity index is 1.80. The molecule has 150 valence electrons. The number of nitrogens with one attached hydrogen (secondary N) is 3. The Bertz CT molecular complexity index is 1140. The molecule has 1 amide bonds. The Morgan fingerprint density at radius 1 is 1.24 bits per heavy atom. The van der Waals surface area contributed by atoms with Gasteiger partial charge in [-0.05, 0) is 12.5 Å². The molecular weight excluding hydrogens is 416 g/mol. The number of aromatic amines is 2. The van der Waals surface area contributed by atoms with Crippen LogP contribution in [-0.2, 0) is 9.53 Å². The smallest absolute Gasteiger partial charge is 0.342 e. The van der Waals surface area contributed by atoms with Crippen molar-refractivity contribution in [2.24, 2.45) is 0 Å². The van der Waals surface area contributed by atoms with Gasteiger partial charge in [0.2, 0.25) is 5.91 Å². The molecule has 0 aliphatic rings. The lowest BCUT2D eigenvalue weighted by molar-refractivity contribution is -0.113. The molecule has 0 fully saturated rings. The van der Waals surface area contributed by atoms with Crippen LogP contribution in [0, 0.1) is 0 Å². The van der Waals surface area contributed by atoms with Crippen molar-refractivity contribution in [3.05, 3.63) is 62.1 Å². The van der Waals surface area contributed by atoms with Crippen LogP contribution in [0.25, 0.3) is 11.1 Å². The summed E-state index contributed by atoms with van der Waals surface area (Å²) in [5.74, 6) is -1.10. The van der Waals surface area contributed by atoms with E-state index in [4.69, 9.17) is 4.74 Å². The van der Waals surface area contributed by atoms with Gasteiger partial charge in [-0.25, -0.2) is 14.7 Å². The fourth-order valence-electron chi connectivity index (χ4n) is 2.42. The lowest BCUT2D eigenvalue weighted by Crippen LogP contribution is -2.25. The Kier molecular flexibility index (Phi) is 6.62. The third kappa shape index (κ3) is 5.00. The number of nitrogens with zero attached hydrogens (tertiary/aromatic N) is 1. The van der Waals surface area contributed by atoms with E-state index < -0.39 is 23.1 Å². The van der Waals surface area contributed by atoms with Crippen molar-refractivity contribution < 1.29 is 14.3 Å². The molecule has 0 unspecified atom stereocenters. The maximum atomic E-state index is 12.5. The average Bonchev–Trinajstić information content (AvgIpc) is 3.11. The highest BCUT2D eigenvalue weighted by molar-refractivity contribution is 7.99. The highest BCUT2D eigenvalue weighted by Crippen LogP contribution is 2.36. The largest absolute Gasteiger partial charge is 0.462 e. The predicted octanol–water partition coefficient (Wildman–Crippen LogP) is 2.09. The summed E-state index contributed by atoms with van der Waals surface area (Å²) in [6.45, 7) is 1.91. The minimum absolute atomic E-state index is 0.0403. The van der Waals surface area contributed by atoms with Gasteiger partial charge in [0.15, 0.2) is 5.03 Å². The topological polar surface area (TPSA) is 134 Å². The zero-order valence-corrected chi connectivity index (χ0v) is 16.8. The Morgan fingerprint density at radius 2 is 2.00 bits per heavy atom. The van der Waals surface area contributed by atoms with E-state index >= 15 is 0 Å². The van der Waals surface area contributed by atoms with Crippen LogP contribution in [0.3, 0.4) is 0 Å². The van der Waals surface area contributed by atoms with E-state index in [1.165, 1.54) is 11.3 Å². The summed E-state index contributed by atoms with van der Waals surface area (Å²) in [6.07, 6.45) is 0. The van der Waals surface area contributed by atoms with Crippen LogP contribution in [-0.4, -0.2) is 39.4 Å². The Hall–Kier alpha value is -3.18. The number of amides is 1. The summed E-state index contributed by atoms with van der Waals surface area (Å²) < 4.78 is 5.15. The summed E-state index contributed by atoms with van der Waals surface area (Å²) >= 11 is 2.07. The number of benzene rings is 1. The maximum absolute atomic E-state index is 12.5. The van der Waals surface area contributed by atoms with Crippen LogP contribution in [0.2, 0.25) is 0 Å². The Labute approximate surface area is 172 Å². The van der Waals surface area contributed by atoms with E-state index in [1.807, 2.05) is 35.3 Å². The number of anilines is 1. The van der Waals surface area contributed by atoms with Crippen LogP contribution >= 0.6 is 23.1 Å². The second kappa shape index (κ2) is 9.34. The second-order valence-electron chi connectivity index (χ2n) is 5.59. The number of thiophene rings is 1. The van der Waals surface area contributed by atoms with Gasteiger partial charge in [0.25, 0.3) is 5.56 Å². The third-order valence-electron chi connectivity index (χ3n) is 3.63. The molecule has 3 aromatic rings. The first-order valence-corrected chi connectivity index (χ1v) is 10.3. The standard InChI is InChI=1S/C18H16N4O5S2/c1-2-27-17(25)13-11(10-6-4-3-5-7-10)8-28-15(13)19-12(23)9-29-16-14(24)20-18(26)22-21-16/h3-8H,2,9H2,1H3,(H,19,23)(H2,20,22,24,26). The van der Waals surface area contributed by atoms with Crippen molar-refractivity contribution in [2.45, 2.75) is 11.9 Å². The van der Waals surface area contributed by atoms with E-state index in [0.717, 1.165) is 17.3 Å². The van der Waals surface area contributed by atoms with Gasteiger partial charge in [0.05, 0.1) is 12.4 Å². The molecule has 0 aliphatic carbocycles. The maximum Gasteiger partial charge on any atom is 0.342 e. The first-order chi connectivity index (χ1) is 14.0. The molecule has 0 atom stereocenters. The van der Waals surface area contributed by atoms with Gasteiger partial charge in [0.1, 0.15) is 10.6 Å². The molecular formula is C18H16N4O5S2. The highest BCUT2D eigenvalue weighted by atomic mass is 32.2. The molecule has 2 aromatic heterocycles. The third-order valence-corrected chi connectivity index (χ3v) is 5.48.